The second kappa shape index (κ2) is 7.19. The Balaban J connectivity index is 1.68. The van der Waals surface area contributed by atoms with Crippen LogP contribution >= 0.6 is 11.6 Å². The predicted molar refractivity (Wildman–Crippen MR) is 96.0 cm³/mol. The Morgan fingerprint density at radius 2 is 1.92 bits per heavy atom. The van der Waals surface area contributed by atoms with E-state index in [1.165, 1.54) is 12.3 Å². The lowest BCUT2D eigenvalue weighted by atomic mass is 10.2. The van der Waals surface area contributed by atoms with Crippen molar-refractivity contribution in [2.24, 2.45) is 0 Å². The van der Waals surface area contributed by atoms with Gasteiger partial charge in [-0.1, -0.05) is 17.7 Å². The van der Waals surface area contributed by atoms with Crippen molar-refractivity contribution in [2.75, 3.05) is 23.8 Å². The van der Waals surface area contributed by atoms with Gasteiger partial charge in [0.1, 0.15) is 22.5 Å². The Bertz CT molecular complexity index is 919. The van der Waals surface area contributed by atoms with E-state index < -0.39 is 5.95 Å². The van der Waals surface area contributed by atoms with E-state index in [1.807, 2.05) is 0 Å². The van der Waals surface area contributed by atoms with Crippen LogP contribution in [0.15, 0.2) is 42.6 Å². The second-order valence-corrected chi connectivity index (χ2v) is 6.07. The number of ether oxygens (including phenoxy) is 1. The summed E-state index contributed by atoms with van der Waals surface area (Å²) < 4.78 is 18.2. The van der Waals surface area contributed by atoms with Gasteiger partial charge in [-0.15, -0.1) is 0 Å². The highest BCUT2D eigenvalue weighted by atomic mass is 35.5. The van der Waals surface area contributed by atoms with Crippen LogP contribution in [0.25, 0.3) is 11.5 Å². The molecule has 1 aliphatic rings. The van der Waals surface area contributed by atoms with Crippen LogP contribution in [0.4, 0.5) is 21.7 Å². The summed E-state index contributed by atoms with van der Waals surface area (Å²) in [6.45, 7) is 1.25. The van der Waals surface area contributed by atoms with Gasteiger partial charge in [0.2, 0.25) is 5.95 Å². The zero-order valence-corrected chi connectivity index (χ0v) is 14.2. The van der Waals surface area contributed by atoms with Crippen molar-refractivity contribution in [2.45, 2.75) is 6.04 Å². The molecule has 3 aromatic rings. The summed E-state index contributed by atoms with van der Waals surface area (Å²) in [5.41, 5.74) is 1.15. The molecule has 3 aromatic heterocycles. The summed E-state index contributed by atoms with van der Waals surface area (Å²) in [5, 5.41) is 6.73. The zero-order chi connectivity index (χ0) is 17.9. The molecule has 2 N–H and O–H groups in total. The van der Waals surface area contributed by atoms with Crippen LogP contribution in [0.1, 0.15) is 0 Å². The van der Waals surface area contributed by atoms with Crippen LogP contribution in [-0.2, 0) is 4.74 Å². The monoisotopic (exact) mass is 372 g/mol. The number of hydrogen-bond donors (Lipinski definition) is 2. The van der Waals surface area contributed by atoms with Gasteiger partial charge in [-0.25, -0.2) is 19.9 Å². The number of aromatic nitrogens is 4. The fourth-order valence-electron chi connectivity index (χ4n) is 2.36. The zero-order valence-electron chi connectivity index (χ0n) is 13.5. The first kappa shape index (κ1) is 16.6. The Morgan fingerprint density at radius 3 is 2.62 bits per heavy atom. The first-order valence-corrected chi connectivity index (χ1v) is 8.28. The molecule has 4 heterocycles. The summed E-state index contributed by atoms with van der Waals surface area (Å²) in [6, 6.07) is 10.1. The SMILES string of the molecule is Fc1ccc(Nc2cc(NC3COC3)nc(-c3cccc(Cl)n3)n2)cn1. The van der Waals surface area contributed by atoms with Crippen molar-refractivity contribution in [3.05, 3.63) is 53.7 Å². The summed E-state index contributed by atoms with van der Waals surface area (Å²) in [4.78, 5) is 16.9. The molecule has 4 rings (SSSR count). The van der Waals surface area contributed by atoms with Crippen molar-refractivity contribution >= 4 is 28.9 Å². The van der Waals surface area contributed by atoms with Gasteiger partial charge in [-0.3, -0.25) is 0 Å². The Morgan fingerprint density at radius 1 is 1.08 bits per heavy atom. The third-order valence-corrected chi connectivity index (χ3v) is 3.87. The van der Waals surface area contributed by atoms with Crippen LogP contribution < -0.4 is 10.6 Å². The fourth-order valence-corrected chi connectivity index (χ4v) is 2.52. The highest BCUT2D eigenvalue weighted by molar-refractivity contribution is 6.29. The van der Waals surface area contributed by atoms with Crippen LogP contribution in [0.5, 0.6) is 0 Å². The molecule has 1 fully saturated rings. The van der Waals surface area contributed by atoms with Gasteiger partial charge in [-0.05, 0) is 24.3 Å². The molecule has 1 aliphatic heterocycles. The van der Waals surface area contributed by atoms with Gasteiger partial charge in [0.25, 0.3) is 0 Å². The van der Waals surface area contributed by atoms with Gasteiger partial charge < -0.3 is 15.4 Å². The molecular formula is C17H14ClFN6O. The highest BCUT2D eigenvalue weighted by Crippen LogP contribution is 2.23. The molecule has 0 aromatic carbocycles. The molecule has 1 saturated heterocycles. The maximum Gasteiger partial charge on any atom is 0.212 e. The maximum absolute atomic E-state index is 13.0. The van der Waals surface area contributed by atoms with E-state index in [4.69, 9.17) is 16.3 Å². The summed E-state index contributed by atoms with van der Waals surface area (Å²) in [5.74, 6) is 1.01. The van der Waals surface area contributed by atoms with E-state index in [-0.39, 0.29) is 6.04 Å². The fraction of sp³-hybridized carbons (Fsp3) is 0.176. The van der Waals surface area contributed by atoms with Crippen LogP contribution in [0.2, 0.25) is 5.15 Å². The van der Waals surface area contributed by atoms with Crippen LogP contribution in [-0.4, -0.2) is 39.2 Å². The van der Waals surface area contributed by atoms with Gasteiger partial charge in [0.05, 0.1) is 31.1 Å². The first-order chi connectivity index (χ1) is 12.7. The molecular weight excluding hydrogens is 359 g/mol. The molecule has 0 radical (unpaired) electrons. The van der Waals surface area contributed by atoms with Gasteiger partial charge in [-0.2, -0.15) is 4.39 Å². The molecule has 0 aliphatic carbocycles. The van der Waals surface area contributed by atoms with Gasteiger partial charge in [0.15, 0.2) is 5.82 Å². The number of hydrogen-bond acceptors (Lipinski definition) is 7. The quantitative estimate of drug-likeness (QED) is 0.665. The number of anilines is 3. The third kappa shape index (κ3) is 3.87. The standard InChI is InChI=1S/C17H14ClFN6O/c18-13-3-1-2-12(23-13)17-24-15(21-10-4-5-14(19)20-7-10)6-16(25-17)22-11-8-26-9-11/h1-7,11H,8-9H2,(H2,21,22,24,25). The minimum Gasteiger partial charge on any atom is -0.377 e. The first-order valence-electron chi connectivity index (χ1n) is 7.90. The molecule has 0 bridgehead atoms. The Kier molecular flexibility index (Phi) is 4.59. The minimum atomic E-state index is -0.547. The lowest BCUT2D eigenvalue weighted by Gasteiger charge is -2.27. The molecule has 132 valence electrons. The third-order valence-electron chi connectivity index (χ3n) is 3.66. The highest BCUT2D eigenvalue weighted by Gasteiger charge is 2.19. The van der Waals surface area contributed by atoms with Crippen LogP contribution in [0, 0.1) is 5.95 Å². The summed E-state index contributed by atoms with van der Waals surface area (Å²) in [7, 11) is 0. The Labute approximate surface area is 153 Å². The van der Waals surface area contributed by atoms with Gasteiger partial charge in [0, 0.05) is 6.07 Å². The van der Waals surface area contributed by atoms with E-state index in [0.717, 1.165) is 0 Å². The van der Waals surface area contributed by atoms with Crippen molar-refractivity contribution < 1.29 is 9.13 Å². The lowest BCUT2D eigenvalue weighted by molar-refractivity contribution is 0.0209. The van der Waals surface area contributed by atoms with Crippen molar-refractivity contribution in [3.8, 4) is 11.5 Å². The largest absolute Gasteiger partial charge is 0.377 e. The number of nitrogens with one attached hydrogen (secondary N) is 2. The van der Waals surface area contributed by atoms with E-state index in [9.17, 15) is 4.39 Å². The normalized spacial score (nSPS) is 13.9. The molecule has 9 heteroatoms. The average Bonchev–Trinajstić information content (AvgIpc) is 2.60. The van der Waals surface area contributed by atoms with E-state index in [1.54, 1.807) is 30.3 Å². The lowest BCUT2D eigenvalue weighted by Crippen LogP contribution is -2.40. The van der Waals surface area contributed by atoms with E-state index in [0.29, 0.717) is 47.2 Å². The maximum atomic E-state index is 13.0. The molecule has 0 saturated carbocycles. The Hall–Kier alpha value is -2.84. The smallest absolute Gasteiger partial charge is 0.212 e. The molecule has 7 nitrogen and oxygen atoms in total. The van der Waals surface area contributed by atoms with Crippen molar-refractivity contribution in [3.63, 3.8) is 0 Å². The number of nitrogens with zero attached hydrogens (tertiary/aromatic N) is 4. The molecule has 0 spiro atoms. The molecule has 0 unspecified atom stereocenters. The van der Waals surface area contributed by atoms with Crippen molar-refractivity contribution in [1.82, 2.24) is 19.9 Å². The predicted octanol–water partition coefficient (Wildman–Crippen LogP) is 3.28. The average molecular weight is 373 g/mol. The molecule has 0 atom stereocenters. The summed E-state index contributed by atoms with van der Waals surface area (Å²) >= 11 is 5.98. The van der Waals surface area contributed by atoms with E-state index in [2.05, 4.69) is 30.6 Å². The van der Waals surface area contributed by atoms with Crippen LogP contribution in [0.3, 0.4) is 0 Å². The summed E-state index contributed by atoms with van der Waals surface area (Å²) in [6.07, 6.45) is 1.39. The molecule has 26 heavy (non-hydrogen) atoms. The number of pyridine rings is 2. The second-order valence-electron chi connectivity index (χ2n) is 5.68. The topological polar surface area (TPSA) is 84.9 Å². The molecule has 0 amide bonds. The minimum absolute atomic E-state index is 0.199. The number of halogens is 2. The van der Waals surface area contributed by atoms with Crippen molar-refractivity contribution in [1.29, 1.82) is 0 Å². The van der Waals surface area contributed by atoms with Gasteiger partial charge >= 0.3 is 0 Å². The number of rotatable bonds is 5. The van der Waals surface area contributed by atoms with E-state index >= 15 is 0 Å².